The van der Waals surface area contributed by atoms with Crippen LogP contribution in [0.3, 0.4) is 0 Å². The van der Waals surface area contributed by atoms with Crippen molar-refractivity contribution in [3.8, 4) is 5.75 Å². The lowest BCUT2D eigenvalue weighted by molar-refractivity contribution is -0.149. The maximum Gasteiger partial charge on any atom is 0.310 e. The van der Waals surface area contributed by atoms with Gasteiger partial charge >= 0.3 is 5.97 Å². The third kappa shape index (κ3) is 7.68. The average Bonchev–Trinajstić information content (AvgIpc) is 2.79. The van der Waals surface area contributed by atoms with E-state index in [9.17, 15) is 4.79 Å². The summed E-state index contributed by atoms with van der Waals surface area (Å²) < 4.78 is 11.1. The number of aliphatic imine (C=N–C) groups is 1. The Morgan fingerprint density at radius 1 is 1.29 bits per heavy atom. The van der Waals surface area contributed by atoms with Crippen molar-refractivity contribution < 1.29 is 14.3 Å². The largest absolute Gasteiger partial charge is 0.487 e. The minimum Gasteiger partial charge on any atom is -0.487 e. The molecule has 8 heteroatoms. The van der Waals surface area contributed by atoms with Crippen LogP contribution in [0.15, 0.2) is 53.7 Å². The molecular formula is C23H31IN4O3. The number of hydrogen-bond donors (Lipinski definition) is 1. The predicted octanol–water partition coefficient (Wildman–Crippen LogP) is 3.63. The molecule has 0 amide bonds. The molecule has 7 nitrogen and oxygen atoms in total. The third-order valence-electron chi connectivity index (χ3n) is 5.01. The van der Waals surface area contributed by atoms with Gasteiger partial charge in [-0.25, -0.2) is 0 Å². The van der Waals surface area contributed by atoms with Crippen molar-refractivity contribution in [3.05, 3.63) is 59.9 Å². The van der Waals surface area contributed by atoms with Crippen molar-refractivity contribution in [3.63, 3.8) is 0 Å². The highest BCUT2D eigenvalue weighted by molar-refractivity contribution is 14.0. The number of nitrogens with zero attached hydrogens (tertiary/aromatic N) is 3. The lowest BCUT2D eigenvalue weighted by Gasteiger charge is -2.34. The fourth-order valence-electron chi connectivity index (χ4n) is 3.52. The Kier molecular flexibility index (Phi) is 10.6. The summed E-state index contributed by atoms with van der Waals surface area (Å²) in [4.78, 5) is 22.9. The van der Waals surface area contributed by atoms with Gasteiger partial charge in [-0.2, -0.15) is 0 Å². The first-order valence-corrected chi connectivity index (χ1v) is 10.4. The number of halogens is 1. The minimum atomic E-state index is -0.115. The van der Waals surface area contributed by atoms with Gasteiger partial charge in [0.25, 0.3) is 0 Å². The molecule has 0 bridgehead atoms. The van der Waals surface area contributed by atoms with E-state index in [1.807, 2.05) is 49.4 Å². The first-order valence-electron chi connectivity index (χ1n) is 10.4. The molecular weight excluding hydrogens is 507 g/mol. The molecule has 0 aliphatic carbocycles. The molecule has 31 heavy (non-hydrogen) atoms. The quantitative estimate of drug-likeness (QED) is 0.251. The summed E-state index contributed by atoms with van der Waals surface area (Å²) in [6, 6.07) is 13.8. The standard InChI is InChI=1S/C23H30N4O3.HI/c1-3-29-22(28)19-9-7-13-27(16-19)23(24-2)26-15-18-8-6-11-21(14-18)30-17-20-10-4-5-12-25-20;/h4-6,8,10-12,14,19H,3,7,9,13,15-17H2,1-2H3,(H,24,26);1H. The van der Waals surface area contributed by atoms with Crippen LogP contribution < -0.4 is 10.1 Å². The van der Waals surface area contributed by atoms with Gasteiger partial charge in [0.15, 0.2) is 5.96 Å². The number of nitrogens with one attached hydrogen (secondary N) is 1. The summed E-state index contributed by atoms with van der Waals surface area (Å²) in [5.74, 6) is 1.38. The molecule has 3 rings (SSSR count). The first-order chi connectivity index (χ1) is 14.7. The second-order valence-electron chi connectivity index (χ2n) is 7.20. The molecule has 0 saturated carbocycles. The average molecular weight is 538 g/mol. The van der Waals surface area contributed by atoms with E-state index in [-0.39, 0.29) is 35.9 Å². The zero-order valence-electron chi connectivity index (χ0n) is 18.1. The van der Waals surface area contributed by atoms with Crippen molar-refractivity contribution in [1.82, 2.24) is 15.2 Å². The van der Waals surface area contributed by atoms with E-state index in [0.29, 0.717) is 26.3 Å². The van der Waals surface area contributed by atoms with Gasteiger partial charge in [0.05, 0.1) is 18.2 Å². The smallest absolute Gasteiger partial charge is 0.310 e. The number of benzene rings is 1. The number of guanidine groups is 1. The molecule has 0 spiro atoms. The van der Waals surface area contributed by atoms with Crippen LogP contribution in [0.4, 0.5) is 0 Å². The van der Waals surface area contributed by atoms with Crippen LogP contribution >= 0.6 is 24.0 Å². The zero-order chi connectivity index (χ0) is 21.2. The normalized spacial score (nSPS) is 16.3. The van der Waals surface area contributed by atoms with Crippen molar-refractivity contribution in [2.24, 2.45) is 10.9 Å². The maximum atomic E-state index is 12.1. The Morgan fingerprint density at radius 3 is 2.90 bits per heavy atom. The fraction of sp³-hybridized carbons (Fsp3) is 0.435. The van der Waals surface area contributed by atoms with E-state index >= 15 is 0 Å². The number of ether oxygens (including phenoxy) is 2. The van der Waals surface area contributed by atoms with E-state index in [1.165, 1.54) is 0 Å². The van der Waals surface area contributed by atoms with Crippen LogP contribution in [0.1, 0.15) is 31.0 Å². The summed E-state index contributed by atoms with van der Waals surface area (Å²) in [7, 11) is 1.77. The number of carbonyl (C=O) groups is 1. The monoisotopic (exact) mass is 538 g/mol. The molecule has 0 radical (unpaired) electrons. The summed E-state index contributed by atoms with van der Waals surface area (Å²) in [6.45, 7) is 4.82. The molecule has 1 atom stereocenters. The van der Waals surface area contributed by atoms with Crippen molar-refractivity contribution in [2.75, 3.05) is 26.7 Å². The van der Waals surface area contributed by atoms with Gasteiger partial charge in [0.2, 0.25) is 0 Å². The first kappa shape index (κ1) is 24.9. The minimum absolute atomic E-state index is 0. The number of likely N-dealkylation sites (tertiary alicyclic amines) is 1. The van der Waals surface area contributed by atoms with Crippen LogP contribution in [0.25, 0.3) is 0 Å². The number of rotatable bonds is 7. The van der Waals surface area contributed by atoms with Crippen LogP contribution in [0.2, 0.25) is 0 Å². The lowest BCUT2D eigenvalue weighted by Crippen LogP contribution is -2.48. The van der Waals surface area contributed by atoms with Crippen molar-refractivity contribution >= 4 is 35.9 Å². The van der Waals surface area contributed by atoms with Gasteiger partial charge in [-0.05, 0) is 49.6 Å². The molecule has 1 unspecified atom stereocenters. The van der Waals surface area contributed by atoms with Crippen LogP contribution in [-0.2, 0) is 22.7 Å². The molecule has 2 aromatic rings. The Morgan fingerprint density at radius 2 is 2.16 bits per heavy atom. The molecule has 1 aromatic heterocycles. The summed E-state index contributed by atoms with van der Waals surface area (Å²) in [6.07, 6.45) is 3.57. The third-order valence-corrected chi connectivity index (χ3v) is 5.01. The highest BCUT2D eigenvalue weighted by atomic mass is 127. The fourth-order valence-corrected chi connectivity index (χ4v) is 3.52. The van der Waals surface area contributed by atoms with E-state index in [1.54, 1.807) is 13.2 Å². The number of hydrogen-bond acceptors (Lipinski definition) is 5. The maximum absolute atomic E-state index is 12.1. The zero-order valence-corrected chi connectivity index (χ0v) is 20.5. The number of piperidine rings is 1. The molecule has 1 aliphatic rings. The van der Waals surface area contributed by atoms with E-state index in [0.717, 1.165) is 42.4 Å². The topological polar surface area (TPSA) is 76.0 Å². The number of pyridine rings is 1. The van der Waals surface area contributed by atoms with Crippen LogP contribution in [0.5, 0.6) is 5.75 Å². The Balaban J connectivity index is 0.00000341. The van der Waals surface area contributed by atoms with Gasteiger partial charge < -0.3 is 19.7 Å². The highest BCUT2D eigenvalue weighted by Crippen LogP contribution is 2.19. The lowest BCUT2D eigenvalue weighted by atomic mass is 9.98. The van der Waals surface area contributed by atoms with Crippen LogP contribution in [0, 0.1) is 5.92 Å². The number of carbonyl (C=O) groups excluding carboxylic acids is 1. The molecule has 2 heterocycles. The summed E-state index contributed by atoms with van der Waals surface area (Å²) in [5.41, 5.74) is 1.98. The van der Waals surface area contributed by atoms with E-state index in [4.69, 9.17) is 9.47 Å². The van der Waals surface area contributed by atoms with Gasteiger partial charge in [0.1, 0.15) is 12.4 Å². The van der Waals surface area contributed by atoms with Gasteiger partial charge in [-0.1, -0.05) is 18.2 Å². The number of esters is 1. The van der Waals surface area contributed by atoms with Crippen molar-refractivity contribution in [1.29, 1.82) is 0 Å². The van der Waals surface area contributed by atoms with Gasteiger partial charge in [0, 0.05) is 32.9 Å². The Bertz CT molecular complexity index is 848. The van der Waals surface area contributed by atoms with Gasteiger partial charge in [-0.3, -0.25) is 14.8 Å². The molecule has 1 aromatic carbocycles. The van der Waals surface area contributed by atoms with E-state index < -0.39 is 0 Å². The predicted molar refractivity (Wildman–Crippen MR) is 132 cm³/mol. The second-order valence-corrected chi connectivity index (χ2v) is 7.20. The molecule has 1 aliphatic heterocycles. The Labute approximate surface area is 201 Å². The van der Waals surface area contributed by atoms with Crippen molar-refractivity contribution in [2.45, 2.75) is 32.9 Å². The van der Waals surface area contributed by atoms with Gasteiger partial charge in [-0.15, -0.1) is 24.0 Å². The molecule has 1 fully saturated rings. The second kappa shape index (κ2) is 13.1. The summed E-state index contributed by atoms with van der Waals surface area (Å²) in [5, 5.41) is 3.40. The highest BCUT2D eigenvalue weighted by Gasteiger charge is 2.28. The molecule has 1 saturated heterocycles. The van der Waals surface area contributed by atoms with Crippen LogP contribution in [-0.4, -0.2) is 48.6 Å². The van der Waals surface area contributed by atoms with E-state index in [2.05, 4.69) is 20.2 Å². The SMILES string of the molecule is CCOC(=O)C1CCCN(C(=NC)NCc2cccc(OCc3ccccn3)c2)C1.I. The molecule has 168 valence electrons. The molecule has 1 N–H and O–H groups in total. The summed E-state index contributed by atoms with van der Waals surface area (Å²) >= 11 is 0. The number of aromatic nitrogens is 1. The Hall–Kier alpha value is -2.36.